The van der Waals surface area contributed by atoms with Gasteiger partial charge in [0.2, 0.25) is 0 Å². The Morgan fingerprint density at radius 3 is 0.0392 bits per heavy atom. The highest BCUT2D eigenvalue weighted by Crippen LogP contribution is -0.289. The third kappa shape index (κ3) is 24300. The standard InChI is InChI=1S/50H3N.H2O/h50*1H3;1H2. The highest BCUT2D eigenvalue weighted by molar-refractivity contribution is 2.18. The predicted molar refractivity (Wildman–Crippen MR) is 255 cm³/mol. The summed E-state index contributed by atoms with van der Waals surface area (Å²) >= 11 is 0. The van der Waals surface area contributed by atoms with Crippen LogP contribution in [0.2, 0.25) is 0 Å². The molecular weight excluding hydrogens is 716 g/mol. The summed E-state index contributed by atoms with van der Waals surface area (Å²) in [6.07, 6.45) is 0. The maximum Gasteiger partial charge on any atom is -0.344 e. The zero-order chi connectivity index (χ0) is 0. The summed E-state index contributed by atoms with van der Waals surface area (Å²) in [7, 11) is 0. The van der Waals surface area contributed by atoms with Gasteiger partial charge >= 0.3 is 0 Å². The first-order valence-corrected chi connectivity index (χ1v) is 0. The third-order valence-corrected chi connectivity index (χ3v) is 0. The predicted octanol–water partition coefficient (Wildman–Crippen LogP) is 7.28. The van der Waals surface area contributed by atoms with Gasteiger partial charge in [-0.1, -0.05) is 0 Å². The van der Waals surface area contributed by atoms with Crippen molar-refractivity contribution in [2.75, 3.05) is 0 Å². The molecule has 0 unspecified atom stereocenters. The molecule has 0 aromatic rings. The first kappa shape index (κ1) is 27100. The summed E-state index contributed by atoms with van der Waals surface area (Å²) < 4.78 is 0. The molecule has 0 heterocycles. The molecule has 0 saturated heterocycles. The Balaban J connectivity index is 0. The first-order valence-electron chi connectivity index (χ1n) is 0. The van der Waals surface area contributed by atoms with Crippen LogP contribution in [0.3, 0.4) is 0 Å². The van der Waals surface area contributed by atoms with E-state index in [1.54, 1.807) is 0 Å². The minimum Gasteiger partial charge on any atom is -0.412 e. The Kier molecular flexibility index (Phi) is 13500000. The quantitative estimate of drug-likeness (QED) is 0.114. The fourth-order valence-corrected chi connectivity index (χ4v) is 0. The van der Waals surface area contributed by atoms with Crippen molar-refractivity contribution >= 4 is 0 Å². The average molecular weight is 870 g/mol. The van der Waals surface area contributed by atoms with Crippen LogP contribution in [0, 0.1) is 0 Å². The molecule has 0 aromatic heterocycles. The van der Waals surface area contributed by atoms with E-state index in [-0.39, 0.29) is 313 Å². The van der Waals surface area contributed by atoms with Crippen LogP contribution in [0.15, 0.2) is 0 Å². The minimum absolute atomic E-state index is 0. The Labute approximate surface area is 314 Å². The van der Waals surface area contributed by atoms with Crippen LogP contribution in [-0.4, -0.2) is 5.48 Å². The smallest absolute Gasteiger partial charge is 0.344 e. The summed E-state index contributed by atoms with van der Waals surface area (Å²) in [5.74, 6) is 0. The van der Waals surface area contributed by atoms with Crippen LogP contribution in [0.5, 0.6) is 0 Å². The Morgan fingerprint density at radius 2 is 0.0392 bits per heavy atom. The second-order valence-electron chi connectivity index (χ2n) is 0. The van der Waals surface area contributed by atoms with Gasteiger partial charge in [0, 0.05) is 0 Å². The summed E-state index contributed by atoms with van der Waals surface area (Å²) in [5, 5.41) is 0. The van der Waals surface area contributed by atoms with Gasteiger partial charge in [-0.15, -0.1) is 0 Å². The molecule has 0 fully saturated rings. The normalized spacial score (nSPS) is 0. The van der Waals surface area contributed by atoms with E-state index in [9.17, 15) is 0 Å². The van der Waals surface area contributed by atoms with Crippen LogP contribution in [-0.2, 0) is 0 Å². The van der Waals surface area contributed by atoms with Crippen molar-refractivity contribution in [3.8, 4) is 0 Å². The van der Waals surface area contributed by atoms with Crippen molar-refractivity contribution in [1.29, 1.82) is 0 Å². The highest BCUT2D eigenvalue weighted by Gasteiger charge is -0.294. The fourth-order valence-electron chi connectivity index (χ4n) is 0. The van der Waals surface area contributed by atoms with E-state index in [0.29, 0.717) is 0 Å². The average Bonchev–Trinajstić information content (AvgIpc) is 0. The number of hydrogen-bond acceptors (Lipinski definition) is 50. The van der Waals surface area contributed by atoms with Gasteiger partial charge in [0.05, 0.1) is 0 Å². The minimum atomic E-state index is 0. The van der Waals surface area contributed by atoms with E-state index in [1.807, 2.05) is 0 Å². The lowest BCUT2D eigenvalue weighted by molar-refractivity contribution is 0.824. The van der Waals surface area contributed by atoms with Gasteiger partial charge in [0.25, 0.3) is 0 Å². The topological polar surface area (TPSA) is 1780 Å². The van der Waals surface area contributed by atoms with Crippen molar-refractivity contribution in [2.24, 2.45) is 0 Å². The van der Waals surface area contributed by atoms with Gasteiger partial charge in [0.15, 0.2) is 0 Å². The summed E-state index contributed by atoms with van der Waals surface area (Å²) in [6.45, 7) is 0. The van der Waals surface area contributed by atoms with Crippen molar-refractivity contribution in [1.82, 2.24) is 308 Å². The Hall–Kier alpha value is -2.04. The van der Waals surface area contributed by atoms with Gasteiger partial charge in [-0.25, -0.2) is 0 Å². The van der Waals surface area contributed by atoms with Crippen molar-refractivity contribution in [2.45, 2.75) is 0 Å². The molecule has 51 heavy (non-hydrogen) atoms. The van der Waals surface area contributed by atoms with Gasteiger partial charge < -0.3 is 313 Å². The fraction of sp³-hybridized carbons (Fsp3) is 0. The monoisotopic (exact) mass is 869 g/mol. The molecular formula is H152N50O. The summed E-state index contributed by atoms with van der Waals surface area (Å²) in [6, 6.07) is 0. The van der Waals surface area contributed by atoms with E-state index < -0.39 is 0 Å². The van der Waals surface area contributed by atoms with Gasteiger partial charge in [-0.2, -0.15) is 0 Å². The first-order chi connectivity index (χ1) is 0. The molecule has 0 atom stereocenters. The lowest BCUT2D eigenvalue weighted by atomic mass is 14.0. The van der Waals surface area contributed by atoms with Crippen LogP contribution in [0.4, 0.5) is 0 Å². The van der Waals surface area contributed by atoms with Crippen molar-refractivity contribution in [3.05, 3.63) is 0 Å². The zero-order valence-electron chi connectivity index (χ0n) is 35.9. The van der Waals surface area contributed by atoms with E-state index in [2.05, 4.69) is 0 Å². The molecule has 0 aliphatic heterocycles. The molecule has 0 aromatic carbocycles. The number of rotatable bonds is 0. The second-order valence-corrected chi connectivity index (χ2v) is 0. The van der Waals surface area contributed by atoms with Crippen molar-refractivity contribution in [3.63, 3.8) is 0 Å². The largest absolute Gasteiger partial charge is 0.412 e. The van der Waals surface area contributed by atoms with E-state index in [4.69, 9.17) is 0 Å². The van der Waals surface area contributed by atoms with Gasteiger partial charge in [0.1, 0.15) is 0 Å². The molecule has 51 nitrogen and oxygen atoms in total. The maximum atomic E-state index is 0. The summed E-state index contributed by atoms with van der Waals surface area (Å²) in [5.41, 5.74) is 0. The maximum absolute atomic E-state index is 0. The molecule has 152 N–H and O–H groups in total. The van der Waals surface area contributed by atoms with Crippen LogP contribution < -0.4 is 308 Å². The highest BCUT2D eigenvalue weighted by atomic mass is 16.0. The summed E-state index contributed by atoms with van der Waals surface area (Å²) in [4.78, 5) is 0. The molecule has 408 valence electrons. The molecule has 0 rings (SSSR count). The molecule has 51 heteroatoms. The van der Waals surface area contributed by atoms with E-state index in [1.165, 1.54) is 0 Å². The van der Waals surface area contributed by atoms with Crippen molar-refractivity contribution < 1.29 is 5.48 Å². The molecule has 0 amide bonds. The molecule has 0 bridgehead atoms. The van der Waals surface area contributed by atoms with Crippen LogP contribution in [0.25, 0.3) is 0 Å². The third-order valence-electron chi connectivity index (χ3n) is 0. The van der Waals surface area contributed by atoms with Crippen LogP contribution >= 0.6 is 0 Å². The SMILES string of the molecule is N.N.N.N.N.N.N.N.N.N.N.N.N.N.N.N.N.N.N.N.N.N.N.N.N.N.N.N.N.N.N.N.N.N.N.N.N.N.N.N.N.N.N.N.N.N.N.N.N.N.O. The van der Waals surface area contributed by atoms with Crippen LogP contribution in [0.1, 0.15) is 0 Å². The second kappa shape index (κ2) is 25400. The van der Waals surface area contributed by atoms with Gasteiger partial charge in [-0.3, -0.25) is 0 Å². The molecule has 0 aliphatic carbocycles. The lowest BCUT2D eigenvalue weighted by Crippen LogP contribution is -0.482. The van der Waals surface area contributed by atoms with E-state index in [0.717, 1.165) is 0 Å². The molecule has 0 aliphatic rings. The molecule has 0 spiro atoms. The zero-order valence-corrected chi connectivity index (χ0v) is 35.9. The Bertz CT molecular complexity index is 7.10. The molecule has 0 saturated carbocycles. The molecule has 0 radical (unpaired) electrons. The lowest BCUT2D eigenvalue weighted by Gasteiger charge is -0.412. The van der Waals surface area contributed by atoms with E-state index >= 15 is 0 Å². The Morgan fingerprint density at radius 1 is 0.0392 bits per heavy atom. The number of hydrogen-bond donors (Lipinski definition) is 50. The van der Waals surface area contributed by atoms with Gasteiger partial charge in [-0.05, 0) is 0 Å².